The standard InChI is InChI=1S/C16H25NO3/c1-3-4-14-5-7-15(8-6-14)9-10-16(11-18,12-19)17-13(2)20/h5-8,18-19H,3-4,9-12H2,1-2H3,(H,17,20). The van der Waals surface area contributed by atoms with E-state index in [1.165, 1.54) is 12.5 Å². The Kier molecular flexibility index (Phi) is 6.68. The highest BCUT2D eigenvalue weighted by Crippen LogP contribution is 2.15. The third-order valence-corrected chi connectivity index (χ3v) is 3.50. The van der Waals surface area contributed by atoms with Crippen molar-refractivity contribution in [2.75, 3.05) is 13.2 Å². The second kappa shape index (κ2) is 8.02. The van der Waals surface area contributed by atoms with Gasteiger partial charge in [0.25, 0.3) is 0 Å². The van der Waals surface area contributed by atoms with E-state index in [2.05, 4.69) is 36.5 Å². The van der Waals surface area contributed by atoms with Crippen molar-refractivity contribution < 1.29 is 15.0 Å². The van der Waals surface area contributed by atoms with Crippen LogP contribution in [0, 0.1) is 0 Å². The van der Waals surface area contributed by atoms with Crippen LogP contribution in [0.2, 0.25) is 0 Å². The molecular formula is C16H25NO3. The lowest BCUT2D eigenvalue weighted by atomic mass is 9.92. The molecule has 1 aromatic rings. The number of carbonyl (C=O) groups excluding carboxylic acids is 1. The predicted octanol–water partition coefficient (Wildman–Crippen LogP) is 1.43. The lowest BCUT2D eigenvalue weighted by Crippen LogP contribution is -2.53. The monoisotopic (exact) mass is 279 g/mol. The van der Waals surface area contributed by atoms with Crippen molar-refractivity contribution in [2.45, 2.75) is 45.1 Å². The van der Waals surface area contributed by atoms with Crippen molar-refractivity contribution in [2.24, 2.45) is 0 Å². The van der Waals surface area contributed by atoms with Gasteiger partial charge in [-0.2, -0.15) is 0 Å². The van der Waals surface area contributed by atoms with Gasteiger partial charge in [0.05, 0.1) is 18.8 Å². The molecule has 4 heteroatoms. The molecule has 0 aliphatic carbocycles. The van der Waals surface area contributed by atoms with Gasteiger partial charge in [0, 0.05) is 6.92 Å². The summed E-state index contributed by atoms with van der Waals surface area (Å²) in [7, 11) is 0. The van der Waals surface area contributed by atoms with Gasteiger partial charge >= 0.3 is 0 Å². The average Bonchev–Trinajstić information content (AvgIpc) is 2.45. The Hall–Kier alpha value is -1.39. The second-order valence-electron chi connectivity index (χ2n) is 5.34. The first-order chi connectivity index (χ1) is 9.55. The number of aryl methyl sites for hydroxylation is 2. The Bertz CT molecular complexity index is 410. The van der Waals surface area contributed by atoms with Crippen molar-refractivity contribution in [3.63, 3.8) is 0 Å². The van der Waals surface area contributed by atoms with Gasteiger partial charge in [0.15, 0.2) is 0 Å². The molecule has 3 N–H and O–H groups in total. The molecule has 112 valence electrons. The smallest absolute Gasteiger partial charge is 0.217 e. The quantitative estimate of drug-likeness (QED) is 0.674. The molecule has 0 atom stereocenters. The van der Waals surface area contributed by atoms with E-state index in [4.69, 9.17) is 0 Å². The molecule has 1 aromatic carbocycles. The highest BCUT2D eigenvalue weighted by molar-refractivity contribution is 5.73. The molecule has 0 radical (unpaired) electrons. The van der Waals surface area contributed by atoms with Crippen molar-refractivity contribution in [1.82, 2.24) is 5.32 Å². The van der Waals surface area contributed by atoms with E-state index in [0.29, 0.717) is 12.8 Å². The zero-order valence-corrected chi connectivity index (χ0v) is 12.4. The van der Waals surface area contributed by atoms with Gasteiger partial charge in [-0.3, -0.25) is 4.79 Å². The highest BCUT2D eigenvalue weighted by atomic mass is 16.3. The number of hydrogen-bond donors (Lipinski definition) is 3. The predicted molar refractivity (Wildman–Crippen MR) is 79.5 cm³/mol. The zero-order chi connectivity index (χ0) is 15.0. The Balaban J connectivity index is 2.64. The molecule has 0 saturated heterocycles. The molecule has 1 amide bonds. The van der Waals surface area contributed by atoms with Crippen LogP contribution in [0.25, 0.3) is 0 Å². The molecular weight excluding hydrogens is 254 g/mol. The van der Waals surface area contributed by atoms with Crippen LogP contribution in [0.3, 0.4) is 0 Å². The molecule has 4 nitrogen and oxygen atoms in total. The number of benzene rings is 1. The van der Waals surface area contributed by atoms with Crippen LogP contribution in [-0.4, -0.2) is 34.9 Å². The molecule has 0 spiro atoms. The van der Waals surface area contributed by atoms with E-state index >= 15 is 0 Å². The Morgan fingerprint density at radius 2 is 1.60 bits per heavy atom. The van der Waals surface area contributed by atoms with Crippen molar-refractivity contribution >= 4 is 5.91 Å². The Morgan fingerprint density at radius 1 is 1.10 bits per heavy atom. The van der Waals surface area contributed by atoms with Crippen LogP contribution in [-0.2, 0) is 17.6 Å². The summed E-state index contributed by atoms with van der Waals surface area (Å²) < 4.78 is 0. The maximum absolute atomic E-state index is 11.2. The molecule has 1 rings (SSSR count). The largest absolute Gasteiger partial charge is 0.394 e. The second-order valence-corrected chi connectivity index (χ2v) is 5.34. The summed E-state index contributed by atoms with van der Waals surface area (Å²) in [5, 5.41) is 21.5. The van der Waals surface area contributed by atoms with Gasteiger partial charge in [-0.15, -0.1) is 0 Å². The van der Waals surface area contributed by atoms with E-state index < -0.39 is 5.54 Å². The Labute approximate surface area is 120 Å². The molecule has 0 saturated carbocycles. The van der Waals surface area contributed by atoms with Gasteiger partial charge < -0.3 is 15.5 Å². The van der Waals surface area contributed by atoms with Gasteiger partial charge in [0.1, 0.15) is 0 Å². The maximum Gasteiger partial charge on any atom is 0.217 e. The molecule has 0 aliphatic heterocycles. The molecule has 20 heavy (non-hydrogen) atoms. The van der Waals surface area contributed by atoms with Crippen LogP contribution in [0.5, 0.6) is 0 Å². The first kappa shape index (κ1) is 16.7. The molecule has 0 aliphatic rings. The van der Waals surface area contributed by atoms with Crippen LogP contribution < -0.4 is 5.32 Å². The van der Waals surface area contributed by atoms with E-state index in [1.54, 1.807) is 0 Å². The van der Waals surface area contributed by atoms with Gasteiger partial charge in [-0.25, -0.2) is 0 Å². The number of aliphatic hydroxyl groups is 2. The minimum Gasteiger partial charge on any atom is -0.394 e. The number of aliphatic hydroxyl groups excluding tert-OH is 2. The third kappa shape index (κ3) is 4.94. The lowest BCUT2D eigenvalue weighted by Gasteiger charge is -2.30. The molecule has 0 fully saturated rings. The number of nitrogens with one attached hydrogen (secondary N) is 1. The first-order valence-corrected chi connectivity index (χ1v) is 7.13. The van der Waals surface area contributed by atoms with Gasteiger partial charge in [0.2, 0.25) is 5.91 Å². The summed E-state index contributed by atoms with van der Waals surface area (Å²) in [5.41, 5.74) is 1.52. The fourth-order valence-electron chi connectivity index (χ4n) is 2.27. The summed E-state index contributed by atoms with van der Waals surface area (Å²) in [6.45, 7) is 3.01. The molecule has 0 aromatic heterocycles. The van der Waals surface area contributed by atoms with Crippen molar-refractivity contribution in [3.05, 3.63) is 35.4 Å². The minimum atomic E-state index is -0.937. The summed E-state index contributed by atoms with van der Waals surface area (Å²) in [6, 6.07) is 8.35. The molecule has 0 unspecified atom stereocenters. The van der Waals surface area contributed by atoms with E-state index in [-0.39, 0.29) is 19.1 Å². The SMILES string of the molecule is CCCc1ccc(CCC(CO)(CO)NC(C)=O)cc1. The summed E-state index contributed by atoms with van der Waals surface area (Å²) in [6.07, 6.45) is 3.41. The van der Waals surface area contributed by atoms with Gasteiger partial charge in [-0.05, 0) is 30.4 Å². The summed E-state index contributed by atoms with van der Waals surface area (Å²) >= 11 is 0. The van der Waals surface area contributed by atoms with Crippen LogP contribution in [0.1, 0.15) is 37.8 Å². The van der Waals surface area contributed by atoms with Crippen LogP contribution in [0.4, 0.5) is 0 Å². The number of amides is 1. The fraction of sp³-hybridized carbons (Fsp3) is 0.562. The zero-order valence-electron chi connectivity index (χ0n) is 12.4. The lowest BCUT2D eigenvalue weighted by molar-refractivity contribution is -0.122. The third-order valence-electron chi connectivity index (χ3n) is 3.50. The maximum atomic E-state index is 11.2. The van der Waals surface area contributed by atoms with E-state index in [0.717, 1.165) is 18.4 Å². The number of rotatable bonds is 8. The van der Waals surface area contributed by atoms with Crippen molar-refractivity contribution in [1.29, 1.82) is 0 Å². The number of hydrogen-bond acceptors (Lipinski definition) is 3. The fourth-order valence-corrected chi connectivity index (χ4v) is 2.27. The minimum absolute atomic E-state index is 0.244. The molecule has 0 bridgehead atoms. The average molecular weight is 279 g/mol. The summed E-state index contributed by atoms with van der Waals surface area (Å²) in [5.74, 6) is -0.244. The number of carbonyl (C=O) groups is 1. The first-order valence-electron chi connectivity index (χ1n) is 7.13. The van der Waals surface area contributed by atoms with E-state index in [9.17, 15) is 15.0 Å². The Morgan fingerprint density at radius 3 is 2.00 bits per heavy atom. The summed E-state index contributed by atoms with van der Waals surface area (Å²) in [4.78, 5) is 11.2. The van der Waals surface area contributed by atoms with Crippen LogP contribution in [0.15, 0.2) is 24.3 Å². The topological polar surface area (TPSA) is 69.6 Å². The van der Waals surface area contributed by atoms with E-state index in [1.807, 2.05) is 0 Å². The normalized spacial score (nSPS) is 11.4. The van der Waals surface area contributed by atoms with Gasteiger partial charge in [-0.1, -0.05) is 37.6 Å². The molecule has 0 heterocycles. The van der Waals surface area contributed by atoms with Crippen LogP contribution >= 0.6 is 0 Å². The van der Waals surface area contributed by atoms with Crippen molar-refractivity contribution in [3.8, 4) is 0 Å². The highest BCUT2D eigenvalue weighted by Gasteiger charge is 2.29.